The second-order valence-electron chi connectivity index (χ2n) is 19.6. The van der Waals surface area contributed by atoms with E-state index in [-0.39, 0.29) is 104 Å². The van der Waals surface area contributed by atoms with Crippen LogP contribution in [0.15, 0.2) is 66.9 Å². The van der Waals surface area contributed by atoms with Gasteiger partial charge in [0.15, 0.2) is 5.82 Å². The number of terminal acetylenes is 1. The summed E-state index contributed by atoms with van der Waals surface area (Å²) in [6, 6.07) is 11.5. The summed E-state index contributed by atoms with van der Waals surface area (Å²) in [7, 11) is 0. The molecule has 0 saturated carbocycles. The zero-order chi connectivity index (χ0) is 51.4. The van der Waals surface area contributed by atoms with Crippen molar-refractivity contribution >= 4 is 68.8 Å². The van der Waals surface area contributed by atoms with Crippen LogP contribution in [0.1, 0.15) is 71.2 Å². The Hall–Kier alpha value is -7.93. The second-order valence-corrected chi connectivity index (χ2v) is 19.6. The van der Waals surface area contributed by atoms with E-state index >= 15 is 8.78 Å². The lowest BCUT2D eigenvalue weighted by Crippen LogP contribution is -2.54. The molecule has 8 heterocycles. The van der Waals surface area contributed by atoms with Crippen molar-refractivity contribution in [2.75, 3.05) is 62.8 Å². The van der Waals surface area contributed by atoms with Gasteiger partial charge < -0.3 is 35.1 Å². The van der Waals surface area contributed by atoms with E-state index in [1.165, 1.54) is 24.3 Å². The Balaban J connectivity index is 0.704. The van der Waals surface area contributed by atoms with Gasteiger partial charge in [-0.2, -0.15) is 9.97 Å². The first-order valence-corrected chi connectivity index (χ1v) is 24.5. The van der Waals surface area contributed by atoms with E-state index < -0.39 is 58.8 Å². The minimum atomic E-state index is -1.11. The number of anilines is 2. The number of fused-ring (bicyclic) bond motifs is 6. The number of halogens is 2. The number of rotatable bonds is 14. The van der Waals surface area contributed by atoms with Gasteiger partial charge in [0.1, 0.15) is 48.7 Å². The van der Waals surface area contributed by atoms with Crippen LogP contribution in [0, 0.1) is 24.0 Å². The summed E-state index contributed by atoms with van der Waals surface area (Å²) >= 11 is 0. The Morgan fingerprint density at radius 1 is 0.973 bits per heavy atom. The van der Waals surface area contributed by atoms with E-state index in [9.17, 15) is 28.8 Å². The molecule has 11 rings (SSSR count). The fraction of sp³-hybridized carbons (Fsp3) is 0.377. The number of aromatic nitrogens is 3. The topological polar surface area (TPSA) is 227 Å². The summed E-state index contributed by atoms with van der Waals surface area (Å²) in [5.74, 6) is -1.50. The van der Waals surface area contributed by atoms with Gasteiger partial charge in [-0.05, 0) is 68.2 Å². The first-order valence-electron chi connectivity index (χ1n) is 24.5. The number of hydrogen-bond acceptors (Lipinski definition) is 15. The third kappa shape index (κ3) is 8.92. The van der Waals surface area contributed by atoms with Crippen LogP contribution in [0.3, 0.4) is 0 Å². The van der Waals surface area contributed by atoms with Gasteiger partial charge in [-0.3, -0.25) is 44.1 Å². The first kappa shape index (κ1) is 48.3. The minimum Gasteiger partial charge on any atom is -0.461 e. The molecule has 0 aliphatic carbocycles. The van der Waals surface area contributed by atoms with Crippen molar-refractivity contribution in [3.63, 3.8) is 0 Å². The number of nitrogens with one attached hydrogen (secondary N) is 4. The molecular weight excluding hydrogens is 959 g/mol. The zero-order valence-electron chi connectivity index (χ0n) is 40.0. The Labute approximate surface area is 422 Å². The molecule has 5 atom stereocenters. The van der Waals surface area contributed by atoms with Gasteiger partial charge >= 0.3 is 12.1 Å². The Morgan fingerprint density at radius 2 is 1.78 bits per heavy atom. The van der Waals surface area contributed by atoms with E-state index in [0.29, 0.717) is 66.4 Å². The predicted molar refractivity (Wildman–Crippen MR) is 264 cm³/mol. The number of hydrogen-bond donors (Lipinski definition) is 4. The highest BCUT2D eigenvalue weighted by molar-refractivity contribution is 6.24. The van der Waals surface area contributed by atoms with E-state index in [1.807, 2.05) is 0 Å². The van der Waals surface area contributed by atoms with Crippen molar-refractivity contribution in [3.8, 4) is 29.6 Å². The molecule has 5 saturated heterocycles. The minimum absolute atomic E-state index is 0.00850. The number of piperidine rings is 1. The number of amides is 6. The molecule has 21 heteroatoms. The number of alkyl carbamates (subject to hydrolysis) is 1. The smallest absolute Gasteiger partial charge is 0.407 e. The highest BCUT2D eigenvalue weighted by Crippen LogP contribution is 2.45. The summed E-state index contributed by atoms with van der Waals surface area (Å²) in [5, 5.41) is 12.5. The maximum Gasteiger partial charge on any atom is 0.407 e. The predicted octanol–water partition coefficient (Wildman–Crippen LogP) is 4.37. The third-order valence-electron chi connectivity index (χ3n) is 14.9. The van der Waals surface area contributed by atoms with E-state index in [0.717, 1.165) is 23.3 Å². The SMILES string of the molecule is C#Cc1c(F)ccc2cccc(-c3ncc4c(N5CC6CCC(C5)N6)nc(OC[C@@]56CC[C@@H](COC(=O)NCCOCC(=O)Nc7ccc8c(c7)C(=O)N(C7CCC(=O)NC7=O)C8=O)N5CC(=C)C6)nc4c3F)c12. The van der Waals surface area contributed by atoms with Crippen LogP contribution in [0.2, 0.25) is 0 Å². The molecule has 2 aromatic heterocycles. The number of nitrogens with zero attached hydrogens (tertiary/aromatic N) is 6. The molecule has 2 bridgehead atoms. The van der Waals surface area contributed by atoms with Gasteiger partial charge in [-0.15, -0.1) is 6.42 Å². The highest BCUT2D eigenvalue weighted by Gasteiger charge is 2.52. The van der Waals surface area contributed by atoms with E-state index in [1.54, 1.807) is 30.5 Å². The maximum atomic E-state index is 17.2. The summed E-state index contributed by atoms with van der Waals surface area (Å²) in [4.78, 5) is 95.1. The lowest BCUT2D eigenvalue weighted by molar-refractivity contribution is -0.136. The van der Waals surface area contributed by atoms with E-state index in [2.05, 4.69) is 53.5 Å². The van der Waals surface area contributed by atoms with Gasteiger partial charge in [0.25, 0.3) is 11.8 Å². The molecule has 380 valence electrons. The highest BCUT2D eigenvalue weighted by atomic mass is 19.1. The summed E-state index contributed by atoms with van der Waals surface area (Å²) in [6.07, 6.45) is 10.7. The number of benzene rings is 3. The first-order chi connectivity index (χ1) is 35.8. The molecule has 19 nitrogen and oxygen atoms in total. The van der Waals surface area contributed by atoms with Gasteiger partial charge in [-0.1, -0.05) is 42.3 Å². The lowest BCUT2D eigenvalue weighted by Gasteiger charge is -2.35. The van der Waals surface area contributed by atoms with Crippen LogP contribution in [-0.2, 0) is 23.9 Å². The van der Waals surface area contributed by atoms with Crippen molar-refractivity contribution in [2.45, 2.75) is 74.7 Å². The van der Waals surface area contributed by atoms with Crippen LogP contribution < -0.4 is 30.9 Å². The fourth-order valence-corrected chi connectivity index (χ4v) is 11.5. The van der Waals surface area contributed by atoms with Gasteiger partial charge in [0.2, 0.25) is 17.7 Å². The molecule has 6 amide bonds. The molecule has 0 radical (unpaired) electrons. The van der Waals surface area contributed by atoms with Crippen LogP contribution >= 0.6 is 0 Å². The number of carbonyl (C=O) groups excluding carboxylic acids is 6. The van der Waals surface area contributed by atoms with Gasteiger partial charge in [0.05, 0.1) is 34.2 Å². The maximum absolute atomic E-state index is 17.2. The van der Waals surface area contributed by atoms with Crippen molar-refractivity contribution < 1.29 is 51.8 Å². The van der Waals surface area contributed by atoms with E-state index in [4.69, 9.17) is 25.6 Å². The van der Waals surface area contributed by atoms with Crippen LogP contribution in [-0.4, -0.2) is 143 Å². The Kier molecular flexibility index (Phi) is 12.7. The molecule has 4 N–H and O–H groups in total. The van der Waals surface area contributed by atoms with Gasteiger partial charge in [-0.25, -0.2) is 13.6 Å². The van der Waals surface area contributed by atoms with Crippen molar-refractivity contribution in [3.05, 3.63) is 95.2 Å². The Bertz CT molecular complexity index is 3260. The molecule has 3 unspecified atom stereocenters. The number of imide groups is 2. The quantitative estimate of drug-likeness (QED) is 0.0525. The Morgan fingerprint density at radius 3 is 2.58 bits per heavy atom. The normalized spacial score (nSPS) is 23.3. The molecule has 0 spiro atoms. The van der Waals surface area contributed by atoms with Crippen molar-refractivity contribution in [1.82, 2.24) is 40.7 Å². The standard InChI is InChI=1S/C53H50F2N10O9/c1-3-34-39(54)12-7-29-5-4-6-36(43(29)34)45-44(55)46-38(21-57-45)47(63-23-31-8-9-32(24-63)58-31)62-51(61-46)74-27-53-16-15-33(64(53)22-28(2)20-53)25-73-52(71)56-17-18-72-26-42(67)59-30-10-11-35-37(19-30)50(70)65(49(35)69)40-13-14-41(66)60-48(40)68/h1,4-7,10-12,19,21,31-33,40,58H,2,8-9,13-18,20,22-27H2,(H,56,71)(H,59,67)(H,60,66,68)/t31?,32?,33-,40?,53-/m0/s1. The van der Waals surface area contributed by atoms with Crippen LogP contribution in [0.4, 0.5) is 25.1 Å². The fourth-order valence-electron chi connectivity index (χ4n) is 11.5. The average Bonchev–Trinajstić information content (AvgIpc) is 4.09. The van der Waals surface area contributed by atoms with Crippen molar-refractivity contribution in [2.24, 2.45) is 0 Å². The summed E-state index contributed by atoms with van der Waals surface area (Å²) < 4.78 is 49.8. The molecule has 6 aliphatic heterocycles. The number of carbonyl (C=O) groups is 6. The van der Waals surface area contributed by atoms with Crippen molar-refractivity contribution in [1.29, 1.82) is 0 Å². The largest absolute Gasteiger partial charge is 0.461 e. The second kappa shape index (κ2) is 19.5. The summed E-state index contributed by atoms with van der Waals surface area (Å²) in [5.41, 5.74) is 1.09. The lowest BCUT2D eigenvalue weighted by atomic mass is 9.94. The molecule has 74 heavy (non-hydrogen) atoms. The summed E-state index contributed by atoms with van der Waals surface area (Å²) in [6.45, 7) is 6.00. The number of piperazine rings is 1. The molecule has 5 fully saturated rings. The van der Waals surface area contributed by atoms with Crippen LogP contribution in [0.25, 0.3) is 32.9 Å². The zero-order valence-corrected chi connectivity index (χ0v) is 40.0. The average molecular weight is 1010 g/mol. The number of pyridine rings is 1. The third-order valence-corrected chi connectivity index (χ3v) is 14.9. The molecule has 6 aliphatic rings. The number of ether oxygens (including phenoxy) is 3. The monoisotopic (exact) mass is 1010 g/mol. The van der Waals surface area contributed by atoms with Crippen LogP contribution in [0.5, 0.6) is 6.01 Å². The molecule has 5 aromatic rings. The molecule has 3 aromatic carbocycles. The van der Waals surface area contributed by atoms with Gasteiger partial charge in [0, 0.05) is 73.6 Å². The molecular formula is C53H50F2N10O9.